The lowest BCUT2D eigenvalue weighted by atomic mass is 9.95. The third-order valence-electron chi connectivity index (χ3n) is 4.63. The molecule has 0 saturated carbocycles. The lowest BCUT2D eigenvalue weighted by molar-refractivity contribution is -0.124. The first-order chi connectivity index (χ1) is 10.6. The van der Waals surface area contributed by atoms with E-state index in [0.717, 1.165) is 45.4 Å². The van der Waals surface area contributed by atoms with Gasteiger partial charge in [0, 0.05) is 13.1 Å². The van der Waals surface area contributed by atoms with Gasteiger partial charge in [-0.15, -0.1) is 0 Å². The van der Waals surface area contributed by atoms with Gasteiger partial charge in [-0.1, -0.05) is 0 Å². The van der Waals surface area contributed by atoms with Gasteiger partial charge in [-0.25, -0.2) is 0 Å². The Balaban J connectivity index is 0.000000545. The number of ether oxygens (including phenoxy) is 1. The van der Waals surface area contributed by atoms with E-state index in [1.54, 1.807) is 0 Å². The van der Waals surface area contributed by atoms with Crippen LogP contribution >= 0.6 is 0 Å². The van der Waals surface area contributed by atoms with Crippen LogP contribution in [0.3, 0.4) is 0 Å². The second-order valence-corrected chi connectivity index (χ2v) is 6.32. The molecule has 7 heteroatoms. The molecule has 1 amide bonds. The maximum atomic E-state index is 12.1. The molecule has 0 aliphatic carbocycles. The Morgan fingerprint density at radius 2 is 2.09 bits per heavy atom. The molecule has 2 bridgehead atoms. The van der Waals surface area contributed by atoms with E-state index in [0.29, 0.717) is 12.6 Å². The number of carbonyl (C=O) groups excluding carboxylic acids is 1. The van der Waals surface area contributed by atoms with Gasteiger partial charge in [-0.3, -0.25) is 14.5 Å². The van der Waals surface area contributed by atoms with Gasteiger partial charge in [-0.2, -0.15) is 0 Å². The molecule has 126 valence electrons. The predicted molar refractivity (Wildman–Crippen MR) is 81.7 cm³/mol. The average Bonchev–Trinajstić information content (AvgIpc) is 3.02. The van der Waals surface area contributed by atoms with E-state index >= 15 is 0 Å². The molecule has 3 rings (SSSR count). The number of nitrogens with one attached hydrogen (secondary N) is 1. The van der Waals surface area contributed by atoms with Gasteiger partial charge in [0.25, 0.3) is 6.47 Å². The van der Waals surface area contributed by atoms with Crippen molar-refractivity contribution in [3.8, 4) is 0 Å². The molecule has 7 nitrogen and oxygen atoms in total. The Kier molecular flexibility index (Phi) is 6.60. The number of likely N-dealkylation sites (N-methyl/N-ethyl adjacent to an activating group) is 1. The minimum atomic E-state index is -0.250. The van der Waals surface area contributed by atoms with Gasteiger partial charge < -0.3 is 20.1 Å². The zero-order chi connectivity index (χ0) is 15.9. The van der Waals surface area contributed by atoms with Crippen molar-refractivity contribution in [3.63, 3.8) is 0 Å². The van der Waals surface area contributed by atoms with Crippen molar-refractivity contribution in [2.75, 3.05) is 39.8 Å². The van der Waals surface area contributed by atoms with Crippen molar-refractivity contribution in [1.29, 1.82) is 0 Å². The molecular weight excluding hydrogens is 286 g/mol. The van der Waals surface area contributed by atoms with Gasteiger partial charge in [0.05, 0.1) is 24.8 Å². The highest BCUT2D eigenvalue weighted by molar-refractivity contribution is 5.78. The summed E-state index contributed by atoms with van der Waals surface area (Å²) in [6, 6.07) is 0.265. The SMILES string of the molecule is CN1CCCN(CC(=O)N[C@@H]2C[C@@H]3CC[C@H]2O3)CC1.O=CO. The van der Waals surface area contributed by atoms with Gasteiger partial charge in [0.1, 0.15) is 0 Å². The monoisotopic (exact) mass is 313 g/mol. The van der Waals surface area contributed by atoms with E-state index < -0.39 is 0 Å². The Morgan fingerprint density at radius 3 is 2.73 bits per heavy atom. The second-order valence-electron chi connectivity index (χ2n) is 6.32. The second kappa shape index (κ2) is 8.45. The van der Waals surface area contributed by atoms with Crippen LogP contribution in [0.5, 0.6) is 0 Å². The van der Waals surface area contributed by atoms with Gasteiger partial charge in [0.15, 0.2) is 0 Å². The third-order valence-corrected chi connectivity index (χ3v) is 4.63. The van der Waals surface area contributed by atoms with Gasteiger partial charge in [-0.05, 0) is 45.8 Å². The predicted octanol–water partition coefficient (Wildman–Crippen LogP) is -0.239. The van der Waals surface area contributed by atoms with Crippen molar-refractivity contribution in [1.82, 2.24) is 15.1 Å². The first kappa shape index (κ1) is 17.2. The Morgan fingerprint density at radius 1 is 1.32 bits per heavy atom. The third kappa shape index (κ3) is 4.93. The van der Waals surface area contributed by atoms with E-state index in [2.05, 4.69) is 22.2 Å². The maximum Gasteiger partial charge on any atom is 0.290 e. The molecule has 3 aliphatic rings. The first-order valence-electron chi connectivity index (χ1n) is 8.06. The van der Waals surface area contributed by atoms with Crippen molar-refractivity contribution >= 4 is 12.4 Å². The molecule has 0 unspecified atom stereocenters. The number of nitrogens with zero attached hydrogens (tertiary/aromatic N) is 2. The molecule has 22 heavy (non-hydrogen) atoms. The van der Waals surface area contributed by atoms with Gasteiger partial charge in [0.2, 0.25) is 5.91 Å². The van der Waals surface area contributed by atoms with E-state index in [9.17, 15) is 4.79 Å². The standard InChI is InChI=1S/C14H25N3O2.CH2O2/c1-16-5-2-6-17(8-7-16)10-14(18)15-12-9-11-3-4-13(12)19-11;2-1-3/h11-13H,2-10H2,1H3,(H,15,18);1H,(H,2,3)/t11-,12+,13+;/m0./s1. The number of rotatable bonds is 3. The van der Waals surface area contributed by atoms with E-state index in [-0.39, 0.29) is 24.5 Å². The molecule has 3 aliphatic heterocycles. The van der Waals surface area contributed by atoms with E-state index in [1.807, 2.05) is 0 Å². The number of carboxylic acid groups (broad SMARTS) is 1. The number of fused-ring (bicyclic) bond motifs is 2. The summed E-state index contributed by atoms with van der Waals surface area (Å²) < 4.78 is 5.77. The summed E-state index contributed by atoms with van der Waals surface area (Å²) in [6.45, 7) is 4.52. The zero-order valence-electron chi connectivity index (χ0n) is 13.2. The minimum absolute atomic E-state index is 0.172. The smallest absolute Gasteiger partial charge is 0.290 e. The summed E-state index contributed by atoms with van der Waals surface area (Å²) in [6.07, 6.45) is 5.14. The zero-order valence-corrected chi connectivity index (χ0v) is 13.2. The van der Waals surface area contributed by atoms with Crippen LogP contribution in [0.4, 0.5) is 0 Å². The summed E-state index contributed by atoms with van der Waals surface area (Å²) >= 11 is 0. The molecule has 0 aromatic carbocycles. The molecule has 0 aromatic rings. The normalized spacial score (nSPS) is 32.0. The fraction of sp³-hybridized carbons (Fsp3) is 0.867. The molecule has 3 atom stereocenters. The summed E-state index contributed by atoms with van der Waals surface area (Å²) in [5.41, 5.74) is 0. The fourth-order valence-electron chi connectivity index (χ4n) is 3.50. The summed E-state index contributed by atoms with van der Waals surface area (Å²) in [5, 5.41) is 10.1. The van der Waals surface area contributed by atoms with Crippen LogP contribution in [-0.2, 0) is 14.3 Å². The number of amides is 1. The molecule has 3 fully saturated rings. The summed E-state index contributed by atoms with van der Waals surface area (Å²) in [4.78, 5) is 25.1. The Hall–Kier alpha value is -1.18. The van der Waals surface area contributed by atoms with Crippen molar-refractivity contribution in [2.45, 2.75) is 43.9 Å². The molecule has 2 N–H and O–H groups in total. The quantitative estimate of drug-likeness (QED) is 0.700. The molecule has 0 spiro atoms. The molecule has 3 saturated heterocycles. The van der Waals surface area contributed by atoms with E-state index in [1.165, 1.54) is 6.42 Å². The van der Waals surface area contributed by atoms with Crippen LogP contribution in [0.25, 0.3) is 0 Å². The largest absolute Gasteiger partial charge is 0.483 e. The van der Waals surface area contributed by atoms with Crippen molar-refractivity contribution < 1.29 is 19.4 Å². The highest BCUT2D eigenvalue weighted by atomic mass is 16.5. The van der Waals surface area contributed by atoms with Crippen LogP contribution in [0.1, 0.15) is 25.7 Å². The highest BCUT2D eigenvalue weighted by Crippen LogP contribution is 2.34. The molecule has 0 radical (unpaired) electrons. The lowest BCUT2D eigenvalue weighted by Gasteiger charge is -2.23. The molecule has 3 heterocycles. The fourth-order valence-corrected chi connectivity index (χ4v) is 3.50. The highest BCUT2D eigenvalue weighted by Gasteiger charge is 2.41. The van der Waals surface area contributed by atoms with Crippen LogP contribution in [0, 0.1) is 0 Å². The van der Waals surface area contributed by atoms with Crippen LogP contribution in [-0.4, -0.2) is 85.3 Å². The lowest BCUT2D eigenvalue weighted by Crippen LogP contribution is -2.46. The number of hydrogen-bond donors (Lipinski definition) is 2. The number of carbonyl (C=O) groups is 2. The van der Waals surface area contributed by atoms with Gasteiger partial charge >= 0.3 is 0 Å². The van der Waals surface area contributed by atoms with Crippen LogP contribution < -0.4 is 5.32 Å². The summed E-state index contributed by atoms with van der Waals surface area (Å²) in [5.74, 6) is 0.172. The molecular formula is C15H27N3O4. The Bertz CT molecular complexity index is 380. The minimum Gasteiger partial charge on any atom is -0.483 e. The number of hydrogen-bond acceptors (Lipinski definition) is 5. The van der Waals surface area contributed by atoms with Crippen molar-refractivity contribution in [2.24, 2.45) is 0 Å². The van der Waals surface area contributed by atoms with Crippen LogP contribution in [0.2, 0.25) is 0 Å². The summed E-state index contributed by atoms with van der Waals surface area (Å²) in [7, 11) is 2.15. The first-order valence-corrected chi connectivity index (χ1v) is 8.06. The molecule has 0 aromatic heterocycles. The Labute approximate surface area is 131 Å². The average molecular weight is 313 g/mol. The van der Waals surface area contributed by atoms with E-state index in [4.69, 9.17) is 14.6 Å². The topological polar surface area (TPSA) is 82.1 Å². The van der Waals surface area contributed by atoms with Crippen LogP contribution in [0.15, 0.2) is 0 Å². The van der Waals surface area contributed by atoms with Crippen molar-refractivity contribution in [3.05, 3.63) is 0 Å². The maximum absolute atomic E-state index is 12.1.